The molecule has 0 aromatic carbocycles. The Morgan fingerprint density at radius 3 is 2.50 bits per heavy atom. The molecular weight excluding hydrogens is 200 g/mol. The van der Waals surface area contributed by atoms with Gasteiger partial charge in [0.25, 0.3) is 0 Å². The Labute approximate surface area is 97.1 Å². The van der Waals surface area contributed by atoms with Crippen molar-refractivity contribution in [1.82, 2.24) is 9.88 Å². The molecule has 2 N–H and O–H groups in total. The van der Waals surface area contributed by atoms with E-state index in [9.17, 15) is 0 Å². The average molecular weight is 220 g/mol. The van der Waals surface area contributed by atoms with Gasteiger partial charge in [0.1, 0.15) is 0 Å². The zero-order valence-electron chi connectivity index (χ0n) is 10.2. The number of likely N-dealkylation sites (N-methyl/N-ethyl adjacent to an activating group) is 1. The maximum atomic E-state index is 5.96. The zero-order valence-corrected chi connectivity index (χ0v) is 10.2. The second-order valence-corrected chi connectivity index (χ2v) is 4.68. The average Bonchev–Trinajstić information content (AvgIpc) is 2.26. The van der Waals surface area contributed by atoms with Gasteiger partial charge in [-0.1, -0.05) is 0 Å². The van der Waals surface area contributed by atoms with Crippen molar-refractivity contribution < 1.29 is 0 Å². The minimum absolute atomic E-state index is 0.533. The Balaban J connectivity index is 2.20. The van der Waals surface area contributed by atoms with Crippen LogP contribution in [0.5, 0.6) is 0 Å². The lowest BCUT2D eigenvalue weighted by Gasteiger charge is -2.43. The highest BCUT2D eigenvalue weighted by atomic mass is 15.3. The van der Waals surface area contributed by atoms with E-state index >= 15 is 0 Å². The minimum atomic E-state index is 0.533. The normalized spacial score (nSPS) is 27.1. The van der Waals surface area contributed by atoms with Crippen LogP contribution in [-0.2, 0) is 0 Å². The van der Waals surface area contributed by atoms with Crippen LogP contribution in [0.25, 0.3) is 0 Å². The monoisotopic (exact) mass is 220 g/mol. The fourth-order valence-electron chi connectivity index (χ4n) is 2.25. The van der Waals surface area contributed by atoms with Crippen LogP contribution in [0.15, 0.2) is 18.3 Å². The van der Waals surface area contributed by atoms with Crippen molar-refractivity contribution in [2.24, 2.45) is 0 Å². The third-order valence-corrected chi connectivity index (χ3v) is 3.48. The molecule has 0 spiro atoms. The molecule has 2 unspecified atom stereocenters. The third-order valence-electron chi connectivity index (χ3n) is 3.48. The first kappa shape index (κ1) is 11.2. The summed E-state index contributed by atoms with van der Waals surface area (Å²) in [5, 5.41) is 0. The lowest BCUT2D eigenvalue weighted by atomic mass is 10.1. The van der Waals surface area contributed by atoms with E-state index in [1.54, 1.807) is 6.20 Å². The van der Waals surface area contributed by atoms with Gasteiger partial charge in [-0.05, 0) is 33.0 Å². The van der Waals surface area contributed by atoms with Crippen molar-refractivity contribution in [2.45, 2.75) is 25.9 Å². The summed E-state index contributed by atoms with van der Waals surface area (Å²) in [5.41, 5.74) is 6.73. The molecule has 2 rings (SSSR count). The molecule has 0 aliphatic carbocycles. The lowest BCUT2D eigenvalue weighted by molar-refractivity contribution is 0.169. The SMILES string of the molecule is CC1CN(c2ncccc2N)CC(C)N1C. The molecule has 1 saturated heterocycles. The van der Waals surface area contributed by atoms with Crippen LogP contribution in [-0.4, -0.2) is 42.1 Å². The highest BCUT2D eigenvalue weighted by Crippen LogP contribution is 2.23. The molecule has 1 aromatic heterocycles. The highest BCUT2D eigenvalue weighted by Gasteiger charge is 2.27. The highest BCUT2D eigenvalue weighted by molar-refractivity contribution is 5.62. The Morgan fingerprint density at radius 2 is 1.94 bits per heavy atom. The zero-order chi connectivity index (χ0) is 11.7. The van der Waals surface area contributed by atoms with Crippen LogP contribution in [0.3, 0.4) is 0 Å². The second-order valence-electron chi connectivity index (χ2n) is 4.68. The van der Waals surface area contributed by atoms with Gasteiger partial charge in [0.15, 0.2) is 5.82 Å². The van der Waals surface area contributed by atoms with E-state index in [4.69, 9.17) is 5.73 Å². The quantitative estimate of drug-likeness (QED) is 0.772. The number of nitrogen functional groups attached to an aromatic ring is 1. The standard InChI is InChI=1S/C12H20N4/c1-9-7-16(8-10(2)15(9)3)12-11(13)5-4-6-14-12/h4-6,9-10H,7-8,13H2,1-3H3. The number of nitrogens with two attached hydrogens (primary N) is 1. The lowest BCUT2D eigenvalue weighted by Crippen LogP contribution is -2.55. The van der Waals surface area contributed by atoms with Gasteiger partial charge in [-0.15, -0.1) is 0 Å². The third kappa shape index (κ3) is 1.97. The van der Waals surface area contributed by atoms with Gasteiger partial charge in [0, 0.05) is 31.4 Å². The Kier molecular flexibility index (Phi) is 3.01. The van der Waals surface area contributed by atoms with E-state index in [1.165, 1.54) is 0 Å². The number of anilines is 2. The first-order valence-electron chi connectivity index (χ1n) is 5.77. The second kappa shape index (κ2) is 4.29. The smallest absolute Gasteiger partial charge is 0.151 e. The Hall–Kier alpha value is -1.29. The molecule has 1 aliphatic rings. The summed E-state index contributed by atoms with van der Waals surface area (Å²) in [7, 11) is 2.18. The molecule has 0 bridgehead atoms. The summed E-state index contributed by atoms with van der Waals surface area (Å²) in [6, 6.07) is 4.85. The molecule has 2 heterocycles. The molecular formula is C12H20N4. The first-order valence-corrected chi connectivity index (χ1v) is 5.77. The molecule has 2 atom stereocenters. The van der Waals surface area contributed by atoms with E-state index in [2.05, 4.69) is 35.7 Å². The maximum Gasteiger partial charge on any atom is 0.151 e. The summed E-state index contributed by atoms with van der Waals surface area (Å²) in [5.74, 6) is 0.925. The van der Waals surface area contributed by atoms with Crippen molar-refractivity contribution in [3.05, 3.63) is 18.3 Å². The Bertz CT molecular complexity index is 354. The first-order chi connectivity index (χ1) is 7.59. The van der Waals surface area contributed by atoms with Gasteiger partial charge < -0.3 is 10.6 Å². The fourth-order valence-corrected chi connectivity index (χ4v) is 2.25. The fraction of sp³-hybridized carbons (Fsp3) is 0.583. The molecule has 4 heteroatoms. The number of pyridine rings is 1. The van der Waals surface area contributed by atoms with E-state index in [1.807, 2.05) is 12.1 Å². The molecule has 16 heavy (non-hydrogen) atoms. The number of hydrogen-bond acceptors (Lipinski definition) is 4. The molecule has 0 radical (unpaired) electrons. The van der Waals surface area contributed by atoms with Crippen molar-refractivity contribution in [3.63, 3.8) is 0 Å². The summed E-state index contributed by atoms with van der Waals surface area (Å²) >= 11 is 0. The maximum absolute atomic E-state index is 5.96. The van der Waals surface area contributed by atoms with Gasteiger partial charge in [-0.25, -0.2) is 4.98 Å². The summed E-state index contributed by atoms with van der Waals surface area (Å²) < 4.78 is 0. The van der Waals surface area contributed by atoms with Crippen molar-refractivity contribution in [3.8, 4) is 0 Å². The minimum Gasteiger partial charge on any atom is -0.396 e. The molecule has 0 saturated carbocycles. The van der Waals surface area contributed by atoms with Gasteiger partial charge in [-0.3, -0.25) is 4.90 Å². The molecule has 1 aromatic rings. The number of rotatable bonds is 1. The number of hydrogen-bond donors (Lipinski definition) is 1. The number of piperazine rings is 1. The topological polar surface area (TPSA) is 45.4 Å². The molecule has 4 nitrogen and oxygen atoms in total. The summed E-state index contributed by atoms with van der Waals surface area (Å²) in [6.45, 7) is 6.45. The van der Waals surface area contributed by atoms with Gasteiger partial charge >= 0.3 is 0 Å². The van der Waals surface area contributed by atoms with E-state index in [0.29, 0.717) is 12.1 Å². The Morgan fingerprint density at radius 1 is 1.31 bits per heavy atom. The van der Waals surface area contributed by atoms with Crippen LogP contribution >= 0.6 is 0 Å². The van der Waals surface area contributed by atoms with Crippen molar-refractivity contribution in [1.29, 1.82) is 0 Å². The van der Waals surface area contributed by atoms with Crippen LogP contribution < -0.4 is 10.6 Å². The van der Waals surface area contributed by atoms with E-state index < -0.39 is 0 Å². The largest absolute Gasteiger partial charge is 0.396 e. The number of aromatic nitrogens is 1. The molecule has 88 valence electrons. The van der Waals surface area contributed by atoms with Gasteiger partial charge in [0.05, 0.1) is 5.69 Å². The molecule has 0 amide bonds. The van der Waals surface area contributed by atoms with Gasteiger partial charge in [-0.2, -0.15) is 0 Å². The summed E-state index contributed by atoms with van der Waals surface area (Å²) in [6.07, 6.45) is 1.80. The molecule has 1 aliphatic heterocycles. The van der Waals surface area contributed by atoms with Crippen LogP contribution in [0.4, 0.5) is 11.5 Å². The predicted molar refractivity (Wildman–Crippen MR) is 67.5 cm³/mol. The van der Waals surface area contributed by atoms with E-state index in [0.717, 1.165) is 24.6 Å². The van der Waals surface area contributed by atoms with Gasteiger partial charge in [0.2, 0.25) is 0 Å². The predicted octanol–water partition coefficient (Wildman–Crippen LogP) is 1.19. The summed E-state index contributed by atoms with van der Waals surface area (Å²) in [4.78, 5) is 9.06. The van der Waals surface area contributed by atoms with Crippen molar-refractivity contribution in [2.75, 3.05) is 30.8 Å². The van der Waals surface area contributed by atoms with E-state index in [-0.39, 0.29) is 0 Å². The van der Waals surface area contributed by atoms with Crippen LogP contribution in [0, 0.1) is 0 Å². The van der Waals surface area contributed by atoms with Crippen LogP contribution in [0.1, 0.15) is 13.8 Å². The number of nitrogens with zero attached hydrogens (tertiary/aromatic N) is 3. The van der Waals surface area contributed by atoms with Crippen LogP contribution in [0.2, 0.25) is 0 Å². The van der Waals surface area contributed by atoms with Crippen molar-refractivity contribution >= 4 is 11.5 Å². The molecule has 1 fully saturated rings.